The van der Waals surface area contributed by atoms with Crippen LogP contribution in [-0.2, 0) is 6.54 Å². The molecule has 0 aliphatic rings. The summed E-state index contributed by atoms with van der Waals surface area (Å²) in [6.07, 6.45) is 9.01. The van der Waals surface area contributed by atoms with Crippen LogP contribution >= 0.6 is 0 Å². The summed E-state index contributed by atoms with van der Waals surface area (Å²) >= 11 is 0. The van der Waals surface area contributed by atoms with E-state index in [9.17, 15) is 0 Å². The van der Waals surface area contributed by atoms with Crippen molar-refractivity contribution in [2.45, 2.75) is 52.5 Å². The van der Waals surface area contributed by atoms with E-state index in [1.165, 1.54) is 44.3 Å². The van der Waals surface area contributed by atoms with Gasteiger partial charge in [0.05, 0.1) is 0 Å². The van der Waals surface area contributed by atoms with E-state index < -0.39 is 0 Å². The molecule has 1 aromatic rings. The molecule has 0 saturated heterocycles. The van der Waals surface area contributed by atoms with Gasteiger partial charge < -0.3 is 4.57 Å². The van der Waals surface area contributed by atoms with Gasteiger partial charge in [0.25, 0.3) is 0 Å². The Labute approximate surface area is 93.5 Å². The smallest absolute Gasteiger partial charge is 0.0462 e. The number of nitrogens with zero attached hydrogens (tertiary/aromatic N) is 2. The lowest BCUT2D eigenvalue weighted by Crippen LogP contribution is -1.97. The van der Waals surface area contributed by atoms with E-state index in [4.69, 9.17) is 5.26 Å². The second-order valence-electron chi connectivity index (χ2n) is 3.76. The summed E-state index contributed by atoms with van der Waals surface area (Å²) in [4.78, 5) is 0. The van der Waals surface area contributed by atoms with Crippen LogP contribution in [0.5, 0.6) is 0 Å². The maximum absolute atomic E-state index is 6.50. The van der Waals surface area contributed by atoms with E-state index in [0.717, 1.165) is 0 Å². The number of aromatic nitrogens is 1. The minimum Gasteiger partial charge on any atom is -0.352 e. The Kier molecular flexibility index (Phi) is 8.56. The van der Waals surface area contributed by atoms with Crippen molar-refractivity contribution in [1.29, 1.82) is 5.26 Å². The molecule has 0 aliphatic heterocycles. The molecular formula is C13H22N2. The summed E-state index contributed by atoms with van der Waals surface area (Å²) in [6.45, 7) is 9.13. The highest BCUT2D eigenvalue weighted by atomic mass is 14.9. The third-order valence-electron chi connectivity index (χ3n) is 2.56. The van der Waals surface area contributed by atoms with Crippen LogP contribution in [-0.4, -0.2) is 4.57 Å². The van der Waals surface area contributed by atoms with E-state index in [1.54, 1.807) is 0 Å². The first-order valence-electron chi connectivity index (χ1n) is 5.72. The van der Waals surface area contributed by atoms with Gasteiger partial charge in [0.1, 0.15) is 0 Å². The summed E-state index contributed by atoms with van der Waals surface area (Å²) in [5, 5.41) is 6.50. The lowest BCUT2D eigenvalue weighted by Gasteiger charge is -2.05. The lowest BCUT2D eigenvalue weighted by molar-refractivity contribution is 0.563. The highest BCUT2D eigenvalue weighted by Gasteiger charge is 1.94. The molecule has 0 unspecified atom stereocenters. The van der Waals surface area contributed by atoms with E-state index in [0.29, 0.717) is 0 Å². The molecule has 0 bridgehead atoms. The molecule has 2 nitrogen and oxygen atoms in total. The van der Waals surface area contributed by atoms with Crippen LogP contribution in [0.3, 0.4) is 0 Å². The maximum atomic E-state index is 6.50. The molecule has 84 valence electrons. The van der Waals surface area contributed by atoms with Crippen LogP contribution in [0.15, 0.2) is 18.3 Å². The summed E-state index contributed by atoms with van der Waals surface area (Å²) < 4.78 is 2.34. The molecule has 0 aliphatic carbocycles. The summed E-state index contributed by atoms with van der Waals surface area (Å²) in [7, 11) is 0. The molecule has 0 fully saturated rings. The van der Waals surface area contributed by atoms with Crippen LogP contribution in [0, 0.1) is 18.8 Å². The van der Waals surface area contributed by atoms with Crippen LogP contribution in [0.2, 0.25) is 0 Å². The van der Waals surface area contributed by atoms with E-state index >= 15 is 0 Å². The predicted molar refractivity (Wildman–Crippen MR) is 64.6 cm³/mol. The second-order valence-corrected chi connectivity index (χ2v) is 3.76. The van der Waals surface area contributed by atoms with Crippen molar-refractivity contribution in [3.05, 3.63) is 24.0 Å². The quantitative estimate of drug-likeness (QED) is 0.649. The van der Waals surface area contributed by atoms with Gasteiger partial charge in [-0.3, -0.25) is 0 Å². The first-order chi connectivity index (χ1) is 7.34. The van der Waals surface area contributed by atoms with Gasteiger partial charge >= 0.3 is 0 Å². The largest absolute Gasteiger partial charge is 0.352 e. The SMILES string of the molecule is C#N.CCCCCCCn1cccc1C. The molecule has 0 saturated carbocycles. The molecule has 0 radical (unpaired) electrons. The number of hydrogen-bond donors (Lipinski definition) is 0. The highest BCUT2D eigenvalue weighted by Crippen LogP contribution is 2.06. The van der Waals surface area contributed by atoms with Crippen molar-refractivity contribution in [2.75, 3.05) is 0 Å². The average Bonchev–Trinajstić information content (AvgIpc) is 2.67. The van der Waals surface area contributed by atoms with Crippen LogP contribution in [0.25, 0.3) is 0 Å². The van der Waals surface area contributed by atoms with Gasteiger partial charge in [0, 0.05) is 25.0 Å². The molecule has 2 heteroatoms. The topological polar surface area (TPSA) is 28.7 Å². The zero-order valence-corrected chi connectivity index (χ0v) is 9.95. The van der Waals surface area contributed by atoms with Crippen LogP contribution < -0.4 is 0 Å². The molecule has 1 aromatic heterocycles. The predicted octanol–water partition coefficient (Wildman–Crippen LogP) is 3.91. The molecule has 0 aromatic carbocycles. The Morgan fingerprint density at radius 2 is 1.87 bits per heavy atom. The zero-order valence-electron chi connectivity index (χ0n) is 9.95. The van der Waals surface area contributed by atoms with Gasteiger partial charge in [-0.2, -0.15) is 0 Å². The van der Waals surface area contributed by atoms with Gasteiger partial charge in [-0.1, -0.05) is 32.6 Å². The molecule has 1 heterocycles. The number of aryl methyl sites for hydroxylation is 2. The Bertz CT molecular complexity index is 260. The van der Waals surface area contributed by atoms with Crippen molar-refractivity contribution in [2.24, 2.45) is 0 Å². The molecule has 1 rings (SSSR count). The van der Waals surface area contributed by atoms with E-state index in [1.807, 2.05) is 0 Å². The van der Waals surface area contributed by atoms with Crippen molar-refractivity contribution in [3.63, 3.8) is 0 Å². The monoisotopic (exact) mass is 206 g/mol. The van der Waals surface area contributed by atoms with Gasteiger partial charge in [-0.05, 0) is 25.5 Å². The molecular weight excluding hydrogens is 184 g/mol. The average molecular weight is 206 g/mol. The molecule has 0 N–H and O–H groups in total. The second kappa shape index (κ2) is 9.33. The van der Waals surface area contributed by atoms with E-state index in [-0.39, 0.29) is 0 Å². The van der Waals surface area contributed by atoms with Crippen molar-refractivity contribution < 1.29 is 0 Å². The Morgan fingerprint density at radius 1 is 1.20 bits per heavy atom. The normalized spacial score (nSPS) is 9.33. The Balaban J connectivity index is 0.000000921. The zero-order chi connectivity index (χ0) is 11.5. The van der Waals surface area contributed by atoms with Gasteiger partial charge in [-0.25, -0.2) is 5.26 Å². The van der Waals surface area contributed by atoms with Crippen LogP contribution in [0.1, 0.15) is 44.7 Å². The maximum Gasteiger partial charge on any atom is 0.0462 e. The van der Waals surface area contributed by atoms with Gasteiger partial charge in [0.15, 0.2) is 0 Å². The third kappa shape index (κ3) is 5.96. The highest BCUT2D eigenvalue weighted by molar-refractivity contribution is 5.03. The molecule has 15 heavy (non-hydrogen) atoms. The number of unbranched alkanes of at least 4 members (excludes halogenated alkanes) is 4. The first-order valence-corrected chi connectivity index (χ1v) is 5.72. The van der Waals surface area contributed by atoms with Crippen molar-refractivity contribution >= 4 is 0 Å². The standard InChI is InChI=1S/C12H21N.CHN/c1-3-4-5-6-7-10-13-11-8-9-12(13)2;1-2/h8-9,11H,3-7,10H2,1-2H3;1H. The minimum atomic E-state index is 1.20. The summed E-state index contributed by atoms with van der Waals surface area (Å²) in [6, 6.07) is 4.30. The fraction of sp³-hybridized carbons (Fsp3) is 0.615. The number of hydrogen-bond acceptors (Lipinski definition) is 1. The fourth-order valence-electron chi connectivity index (χ4n) is 1.64. The van der Waals surface area contributed by atoms with Crippen molar-refractivity contribution in [1.82, 2.24) is 4.57 Å². The third-order valence-corrected chi connectivity index (χ3v) is 2.56. The molecule has 0 spiro atoms. The van der Waals surface area contributed by atoms with E-state index in [2.05, 4.69) is 43.3 Å². The molecule has 0 amide bonds. The molecule has 0 atom stereocenters. The van der Waals surface area contributed by atoms with Crippen LogP contribution in [0.4, 0.5) is 0 Å². The van der Waals surface area contributed by atoms with Gasteiger partial charge in [0.2, 0.25) is 0 Å². The first kappa shape index (κ1) is 13.8. The Hall–Kier alpha value is -1.23. The summed E-state index contributed by atoms with van der Waals surface area (Å²) in [5.41, 5.74) is 1.38. The lowest BCUT2D eigenvalue weighted by atomic mass is 10.1. The summed E-state index contributed by atoms with van der Waals surface area (Å²) in [5.74, 6) is 0. The van der Waals surface area contributed by atoms with Gasteiger partial charge in [-0.15, -0.1) is 0 Å². The number of rotatable bonds is 6. The minimum absolute atomic E-state index is 1.20. The fourth-order valence-corrected chi connectivity index (χ4v) is 1.64. The Morgan fingerprint density at radius 3 is 2.40 bits per heavy atom. The number of nitriles is 1. The van der Waals surface area contributed by atoms with Crippen molar-refractivity contribution in [3.8, 4) is 6.57 Å².